The number of benzene rings is 1. The first-order valence-electron chi connectivity index (χ1n) is 6.76. The molecule has 1 aromatic rings. The zero-order valence-corrected chi connectivity index (χ0v) is 11.1. The number of hydrogen-bond donors (Lipinski definition) is 1. The maximum atomic E-state index is 13.8. The number of nitro benzene ring substituents is 1. The molecule has 1 saturated carbocycles. The Bertz CT molecular complexity index is 465. The molecule has 0 aromatic heterocycles. The Kier molecular flexibility index (Phi) is 4.35. The molecule has 0 aliphatic heterocycles. The standard InChI is InChI=1S/C14H19FN2O2/c1-10-3-2-4-11(6-5-10)16-14-8-7-12(17(18)19)9-13(14)15/h7-11,16H,2-6H2,1H3. The second-order valence-electron chi connectivity index (χ2n) is 5.38. The molecule has 1 fully saturated rings. The number of nitro groups is 1. The van der Waals surface area contributed by atoms with Crippen LogP contribution < -0.4 is 5.32 Å². The van der Waals surface area contributed by atoms with E-state index in [0.717, 1.165) is 37.7 Å². The van der Waals surface area contributed by atoms with Gasteiger partial charge in [-0.25, -0.2) is 4.39 Å². The lowest BCUT2D eigenvalue weighted by atomic mass is 10.0. The van der Waals surface area contributed by atoms with Crippen LogP contribution in [-0.4, -0.2) is 11.0 Å². The Morgan fingerprint density at radius 3 is 2.79 bits per heavy atom. The smallest absolute Gasteiger partial charge is 0.272 e. The van der Waals surface area contributed by atoms with E-state index in [1.807, 2.05) is 0 Å². The fourth-order valence-electron chi connectivity index (χ4n) is 2.59. The lowest BCUT2D eigenvalue weighted by Crippen LogP contribution is -2.19. The van der Waals surface area contributed by atoms with Crippen LogP contribution in [0, 0.1) is 21.8 Å². The van der Waals surface area contributed by atoms with Gasteiger partial charge in [-0.15, -0.1) is 0 Å². The van der Waals surface area contributed by atoms with Crippen LogP contribution in [0.15, 0.2) is 18.2 Å². The van der Waals surface area contributed by atoms with Crippen LogP contribution in [0.3, 0.4) is 0 Å². The molecule has 0 bridgehead atoms. The molecule has 0 radical (unpaired) electrons. The van der Waals surface area contributed by atoms with E-state index in [-0.39, 0.29) is 11.7 Å². The van der Waals surface area contributed by atoms with Crippen molar-refractivity contribution in [1.82, 2.24) is 0 Å². The number of anilines is 1. The zero-order chi connectivity index (χ0) is 13.8. The third kappa shape index (κ3) is 3.66. The fraction of sp³-hybridized carbons (Fsp3) is 0.571. The molecule has 0 heterocycles. The highest BCUT2D eigenvalue weighted by Gasteiger charge is 2.18. The molecule has 2 rings (SSSR count). The quantitative estimate of drug-likeness (QED) is 0.508. The van der Waals surface area contributed by atoms with Crippen LogP contribution in [0.4, 0.5) is 15.8 Å². The molecule has 1 aliphatic carbocycles. The van der Waals surface area contributed by atoms with E-state index in [0.29, 0.717) is 5.69 Å². The van der Waals surface area contributed by atoms with E-state index in [4.69, 9.17) is 0 Å². The van der Waals surface area contributed by atoms with Gasteiger partial charge in [0.2, 0.25) is 0 Å². The summed E-state index contributed by atoms with van der Waals surface area (Å²) in [7, 11) is 0. The van der Waals surface area contributed by atoms with Crippen molar-refractivity contribution >= 4 is 11.4 Å². The van der Waals surface area contributed by atoms with Gasteiger partial charge in [0, 0.05) is 12.1 Å². The second kappa shape index (κ2) is 5.99. The van der Waals surface area contributed by atoms with E-state index >= 15 is 0 Å². The molecule has 0 amide bonds. The number of nitrogens with one attached hydrogen (secondary N) is 1. The molecular formula is C14H19FN2O2. The summed E-state index contributed by atoms with van der Waals surface area (Å²) in [6, 6.07) is 4.04. The predicted octanol–water partition coefficient (Wildman–Crippen LogP) is 4.11. The molecule has 1 aromatic carbocycles. The molecular weight excluding hydrogens is 247 g/mol. The summed E-state index contributed by atoms with van der Waals surface area (Å²) >= 11 is 0. The molecule has 1 N–H and O–H groups in total. The lowest BCUT2D eigenvalue weighted by Gasteiger charge is -2.18. The highest BCUT2D eigenvalue weighted by molar-refractivity contribution is 5.50. The normalized spacial score (nSPS) is 23.7. The van der Waals surface area contributed by atoms with Gasteiger partial charge < -0.3 is 5.32 Å². The topological polar surface area (TPSA) is 55.2 Å². The zero-order valence-electron chi connectivity index (χ0n) is 11.1. The molecule has 104 valence electrons. The van der Waals surface area contributed by atoms with Gasteiger partial charge in [-0.2, -0.15) is 0 Å². The molecule has 4 nitrogen and oxygen atoms in total. The monoisotopic (exact) mass is 266 g/mol. The number of hydrogen-bond acceptors (Lipinski definition) is 3. The van der Waals surface area contributed by atoms with Crippen molar-refractivity contribution in [2.45, 2.75) is 45.1 Å². The highest BCUT2D eigenvalue weighted by atomic mass is 19.1. The Morgan fingerprint density at radius 2 is 2.11 bits per heavy atom. The Labute approximate surface area is 112 Å². The largest absolute Gasteiger partial charge is 0.380 e. The van der Waals surface area contributed by atoms with Crippen molar-refractivity contribution < 1.29 is 9.31 Å². The SMILES string of the molecule is CC1CCCC(Nc2ccc([N+](=O)[O-])cc2F)CC1. The number of non-ortho nitro benzene ring substituents is 1. The number of nitrogens with zero attached hydrogens (tertiary/aromatic N) is 1. The summed E-state index contributed by atoms with van der Waals surface area (Å²) < 4.78 is 13.8. The average molecular weight is 266 g/mol. The minimum absolute atomic E-state index is 0.211. The Hall–Kier alpha value is -1.65. The van der Waals surface area contributed by atoms with Gasteiger partial charge in [-0.3, -0.25) is 10.1 Å². The maximum Gasteiger partial charge on any atom is 0.272 e. The average Bonchev–Trinajstić information content (AvgIpc) is 2.57. The molecule has 5 heteroatoms. The van der Waals surface area contributed by atoms with Crippen LogP contribution >= 0.6 is 0 Å². The van der Waals surface area contributed by atoms with Crippen LogP contribution in [0.1, 0.15) is 39.0 Å². The van der Waals surface area contributed by atoms with Crippen molar-refractivity contribution in [2.75, 3.05) is 5.32 Å². The molecule has 0 spiro atoms. The second-order valence-corrected chi connectivity index (χ2v) is 5.38. The van der Waals surface area contributed by atoms with E-state index in [2.05, 4.69) is 12.2 Å². The van der Waals surface area contributed by atoms with Crippen molar-refractivity contribution in [1.29, 1.82) is 0 Å². The number of rotatable bonds is 3. The summed E-state index contributed by atoms with van der Waals surface area (Å²) in [5.41, 5.74) is 0.155. The third-order valence-electron chi connectivity index (χ3n) is 3.78. The van der Waals surface area contributed by atoms with Crippen molar-refractivity contribution in [3.05, 3.63) is 34.1 Å². The molecule has 2 atom stereocenters. The first kappa shape index (κ1) is 13.8. The molecule has 2 unspecified atom stereocenters. The van der Waals surface area contributed by atoms with Gasteiger partial charge in [0.15, 0.2) is 5.82 Å². The van der Waals surface area contributed by atoms with E-state index in [1.165, 1.54) is 18.6 Å². The van der Waals surface area contributed by atoms with Crippen molar-refractivity contribution in [2.24, 2.45) is 5.92 Å². The minimum atomic E-state index is -0.583. The fourth-order valence-corrected chi connectivity index (χ4v) is 2.59. The van der Waals surface area contributed by atoms with Gasteiger partial charge in [-0.1, -0.05) is 19.8 Å². The minimum Gasteiger partial charge on any atom is -0.380 e. The third-order valence-corrected chi connectivity index (χ3v) is 3.78. The number of halogens is 1. The maximum absolute atomic E-state index is 13.8. The summed E-state index contributed by atoms with van der Waals surface area (Å²) in [6.07, 6.45) is 5.57. The van der Waals surface area contributed by atoms with E-state index < -0.39 is 10.7 Å². The summed E-state index contributed by atoms with van der Waals surface area (Å²) in [5.74, 6) is 0.181. The van der Waals surface area contributed by atoms with Crippen molar-refractivity contribution in [3.8, 4) is 0 Å². The predicted molar refractivity (Wildman–Crippen MR) is 72.7 cm³/mol. The van der Waals surface area contributed by atoms with Gasteiger partial charge in [-0.05, 0) is 31.2 Å². The van der Waals surface area contributed by atoms with Crippen LogP contribution in [0.25, 0.3) is 0 Å². The molecule has 19 heavy (non-hydrogen) atoms. The highest BCUT2D eigenvalue weighted by Crippen LogP contribution is 2.27. The van der Waals surface area contributed by atoms with E-state index in [9.17, 15) is 14.5 Å². The lowest BCUT2D eigenvalue weighted by molar-refractivity contribution is -0.385. The summed E-state index contributed by atoms with van der Waals surface area (Å²) in [5, 5.41) is 13.7. The van der Waals surface area contributed by atoms with Gasteiger partial charge in [0.05, 0.1) is 16.7 Å². The molecule has 0 saturated heterocycles. The van der Waals surface area contributed by atoms with Gasteiger partial charge >= 0.3 is 0 Å². The Morgan fingerprint density at radius 1 is 1.32 bits per heavy atom. The molecule has 1 aliphatic rings. The summed E-state index contributed by atoms with van der Waals surface area (Å²) in [4.78, 5) is 9.97. The van der Waals surface area contributed by atoms with Gasteiger partial charge in [0.1, 0.15) is 0 Å². The van der Waals surface area contributed by atoms with Crippen molar-refractivity contribution in [3.63, 3.8) is 0 Å². The Balaban J connectivity index is 2.04. The van der Waals surface area contributed by atoms with Crippen LogP contribution in [0.2, 0.25) is 0 Å². The first-order chi connectivity index (χ1) is 9.06. The van der Waals surface area contributed by atoms with Gasteiger partial charge in [0.25, 0.3) is 5.69 Å². The van der Waals surface area contributed by atoms with Crippen LogP contribution in [0.5, 0.6) is 0 Å². The summed E-state index contributed by atoms with van der Waals surface area (Å²) in [6.45, 7) is 2.24. The van der Waals surface area contributed by atoms with E-state index in [1.54, 1.807) is 0 Å². The first-order valence-corrected chi connectivity index (χ1v) is 6.76. The van der Waals surface area contributed by atoms with Crippen LogP contribution in [-0.2, 0) is 0 Å².